The van der Waals surface area contributed by atoms with Gasteiger partial charge in [0.1, 0.15) is 4.70 Å². The third-order valence-electron chi connectivity index (χ3n) is 4.81. The standard InChI is InChI=1S/C21H30N5O4PS2/c1-13(2)11-16(12-27)22-18-17-19(25-21(33-17)26-31(28,29-4)30-5)24-20(23-18)32-14(3)15-9-7-6-8-10-15/h6-10,13-14,16,27H,11-12H2,1-5H3,(H2,22,23,24,25,26,28)/t14-,16+/m0/s1. The van der Waals surface area contributed by atoms with Crippen LogP contribution in [0.5, 0.6) is 0 Å². The lowest BCUT2D eigenvalue weighted by molar-refractivity contribution is 0.259. The van der Waals surface area contributed by atoms with Crippen molar-refractivity contribution in [3.05, 3.63) is 35.9 Å². The maximum Gasteiger partial charge on any atom is 0.433 e. The monoisotopic (exact) mass is 511 g/mol. The first-order valence-electron chi connectivity index (χ1n) is 10.5. The number of aromatic nitrogens is 3. The normalized spacial score (nSPS) is 13.9. The van der Waals surface area contributed by atoms with Crippen molar-refractivity contribution < 1.29 is 18.7 Å². The Hall–Kier alpha value is -1.75. The fourth-order valence-electron chi connectivity index (χ4n) is 3.18. The molecule has 0 radical (unpaired) electrons. The number of hydrogen-bond donors (Lipinski definition) is 3. The van der Waals surface area contributed by atoms with Crippen LogP contribution in [-0.4, -0.2) is 46.9 Å². The van der Waals surface area contributed by atoms with Crippen LogP contribution in [0.1, 0.15) is 38.0 Å². The van der Waals surface area contributed by atoms with Gasteiger partial charge < -0.3 is 10.4 Å². The zero-order valence-electron chi connectivity index (χ0n) is 19.3. The molecular weight excluding hydrogens is 481 g/mol. The van der Waals surface area contributed by atoms with Gasteiger partial charge in [0.05, 0.1) is 12.6 Å². The van der Waals surface area contributed by atoms with Crippen molar-refractivity contribution in [2.45, 2.75) is 43.6 Å². The largest absolute Gasteiger partial charge is 0.433 e. The van der Waals surface area contributed by atoms with E-state index in [1.807, 2.05) is 18.2 Å². The van der Waals surface area contributed by atoms with Crippen LogP contribution in [0, 0.1) is 5.92 Å². The van der Waals surface area contributed by atoms with Gasteiger partial charge in [-0.25, -0.2) is 14.5 Å². The Balaban J connectivity index is 1.98. The second kappa shape index (κ2) is 11.6. The predicted molar refractivity (Wildman–Crippen MR) is 135 cm³/mol. The lowest BCUT2D eigenvalue weighted by atomic mass is 10.0. The number of nitrogens with one attached hydrogen (secondary N) is 2. The van der Waals surface area contributed by atoms with Crippen molar-refractivity contribution in [1.29, 1.82) is 0 Å². The number of fused-ring (bicyclic) bond motifs is 1. The first kappa shape index (κ1) is 25.9. The summed E-state index contributed by atoms with van der Waals surface area (Å²) < 4.78 is 23.1. The van der Waals surface area contributed by atoms with E-state index in [1.54, 1.807) is 0 Å². The highest BCUT2D eigenvalue weighted by Crippen LogP contribution is 2.48. The van der Waals surface area contributed by atoms with Crippen molar-refractivity contribution in [2.24, 2.45) is 5.92 Å². The molecule has 2 heterocycles. The van der Waals surface area contributed by atoms with Gasteiger partial charge in [-0.15, -0.1) is 0 Å². The fraction of sp³-hybridized carbons (Fsp3) is 0.476. The van der Waals surface area contributed by atoms with Gasteiger partial charge in [0.15, 0.2) is 21.8 Å². The fourth-order valence-corrected chi connectivity index (χ4v) is 5.91. The Bertz CT molecular complexity index is 1090. The molecule has 0 aliphatic heterocycles. The van der Waals surface area contributed by atoms with Gasteiger partial charge in [0, 0.05) is 19.5 Å². The second-order valence-corrected chi connectivity index (χ2v) is 12.1. The molecule has 0 fully saturated rings. The summed E-state index contributed by atoms with van der Waals surface area (Å²) in [6.45, 7) is 6.27. The van der Waals surface area contributed by atoms with Crippen LogP contribution in [0.2, 0.25) is 0 Å². The Morgan fingerprint density at radius 1 is 1.12 bits per heavy atom. The van der Waals surface area contributed by atoms with Crippen LogP contribution in [0.4, 0.5) is 10.9 Å². The molecule has 0 amide bonds. The number of anilines is 2. The molecule has 0 spiro atoms. The summed E-state index contributed by atoms with van der Waals surface area (Å²) >= 11 is 2.77. The van der Waals surface area contributed by atoms with Gasteiger partial charge in [-0.3, -0.25) is 14.1 Å². The number of aliphatic hydroxyl groups is 1. The molecule has 0 unspecified atom stereocenters. The van der Waals surface area contributed by atoms with Gasteiger partial charge in [-0.1, -0.05) is 67.3 Å². The average Bonchev–Trinajstić information content (AvgIpc) is 3.20. The van der Waals surface area contributed by atoms with Crippen LogP contribution >= 0.6 is 30.8 Å². The van der Waals surface area contributed by atoms with E-state index < -0.39 is 7.75 Å². The van der Waals surface area contributed by atoms with Gasteiger partial charge >= 0.3 is 7.75 Å². The molecule has 3 N–H and O–H groups in total. The van der Waals surface area contributed by atoms with Crippen molar-refractivity contribution in [2.75, 3.05) is 31.2 Å². The van der Waals surface area contributed by atoms with Crippen LogP contribution in [-0.2, 0) is 13.6 Å². The van der Waals surface area contributed by atoms with E-state index in [2.05, 4.69) is 53.3 Å². The van der Waals surface area contributed by atoms with Crippen LogP contribution in [0.25, 0.3) is 10.3 Å². The summed E-state index contributed by atoms with van der Waals surface area (Å²) in [6.07, 6.45) is 0.775. The van der Waals surface area contributed by atoms with Gasteiger partial charge in [-0.05, 0) is 24.8 Å². The summed E-state index contributed by atoms with van der Waals surface area (Å²) in [4.78, 5) is 13.9. The van der Waals surface area contributed by atoms with Gasteiger partial charge in [0.25, 0.3) is 0 Å². The van der Waals surface area contributed by atoms with E-state index in [4.69, 9.17) is 14.0 Å². The quantitative estimate of drug-likeness (QED) is 0.162. The number of thiazole rings is 1. The summed E-state index contributed by atoms with van der Waals surface area (Å²) in [5, 5.41) is 17.0. The zero-order chi connectivity index (χ0) is 24.0. The molecule has 0 saturated heterocycles. The predicted octanol–water partition coefficient (Wildman–Crippen LogP) is 5.57. The number of aliphatic hydroxyl groups excluding tert-OH is 1. The molecule has 0 saturated carbocycles. The van der Waals surface area contributed by atoms with E-state index in [-0.39, 0.29) is 17.9 Å². The SMILES string of the molecule is COP(=O)(Nc1nc2nc(S[C@@H](C)c3ccccc3)nc(N[C@@H](CO)CC(C)C)c2s1)OC. The molecule has 1 aromatic carbocycles. The van der Waals surface area contributed by atoms with E-state index in [0.29, 0.717) is 32.4 Å². The molecule has 2 atom stereocenters. The lowest BCUT2D eigenvalue weighted by Crippen LogP contribution is -2.26. The number of hydrogen-bond acceptors (Lipinski definition) is 10. The van der Waals surface area contributed by atoms with Crippen LogP contribution < -0.4 is 10.4 Å². The Labute approximate surface area is 202 Å². The first-order valence-corrected chi connectivity index (χ1v) is 13.8. The maximum atomic E-state index is 12.5. The maximum absolute atomic E-state index is 12.5. The molecule has 180 valence electrons. The van der Waals surface area contributed by atoms with E-state index in [1.165, 1.54) is 37.3 Å². The minimum absolute atomic E-state index is 0.0287. The Morgan fingerprint density at radius 2 is 1.82 bits per heavy atom. The van der Waals surface area contributed by atoms with Crippen LogP contribution in [0.3, 0.4) is 0 Å². The van der Waals surface area contributed by atoms with E-state index in [0.717, 1.165) is 12.0 Å². The summed E-state index contributed by atoms with van der Waals surface area (Å²) in [5.41, 5.74) is 1.62. The topological polar surface area (TPSA) is 118 Å². The lowest BCUT2D eigenvalue weighted by Gasteiger charge is -2.19. The van der Waals surface area contributed by atoms with E-state index in [9.17, 15) is 9.67 Å². The smallest absolute Gasteiger partial charge is 0.394 e. The molecule has 12 heteroatoms. The summed E-state index contributed by atoms with van der Waals surface area (Å²) in [6, 6.07) is 9.95. The number of rotatable bonds is 12. The molecular formula is C21H30N5O4PS2. The van der Waals surface area contributed by atoms with Crippen LogP contribution in [0.15, 0.2) is 35.5 Å². The molecule has 0 aliphatic rings. The molecule has 9 nitrogen and oxygen atoms in total. The Kier molecular flexibility index (Phi) is 9.09. The molecule has 3 rings (SSSR count). The van der Waals surface area contributed by atoms with Crippen molar-refractivity contribution >= 4 is 52.1 Å². The average molecular weight is 512 g/mol. The molecule has 3 aromatic rings. The van der Waals surface area contributed by atoms with Crippen molar-refractivity contribution in [3.63, 3.8) is 0 Å². The van der Waals surface area contributed by atoms with Crippen molar-refractivity contribution in [3.8, 4) is 0 Å². The number of nitrogens with zero attached hydrogens (tertiary/aromatic N) is 3. The highest BCUT2D eigenvalue weighted by Gasteiger charge is 2.25. The van der Waals surface area contributed by atoms with Gasteiger partial charge in [0.2, 0.25) is 0 Å². The summed E-state index contributed by atoms with van der Waals surface area (Å²) in [7, 11) is -0.915. The first-order chi connectivity index (χ1) is 15.8. The number of thioether (sulfide) groups is 1. The number of benzene rings is 1. The third kappa shape index (κ3) is 6.88. The zero-order valence-corrected chi connectivity index (χ0v) is 21.8. The summed E-state index contributed by atoms with van der Waals surface area (Å²) in [5.74, 6) is 0.976. The van der Waals surface area contributed by atoms with E-state index >= 15 is 0 Å². The minimum atomic E-state index is -3.52. The third-order valence-corrected chi connectivity index (χ3v) is 8.40. The highest BCUT2D eigenvalue weighted by atomic mass is 32.2. The molecule has 2 aromatic heterocycles. The Morgan fingerprint density at radius 3 is 2.42 bits per heavy atom. The second-order valence-electron chi connectivity index (χ2n) is 7.83. The van der Waals surface area contributed by atoms with Gasteiger partial charge in [-0.2, -0.15) is 4.98 Å². The highest BCUT2D eigenvalue weighted by molar-refractivity contribution is 7.99. The molecule has 0 bridgehead atoms. The van der Waals surface area contributed by atoms with Crippen molar-refractivity contribution in [1.82, 2.24) is 15.0 Å². The molecule has 33 heavy (non-hydrogen) atoms. The molecule has 0 aliphatic carbocycles. The minimum Gasteiger partial charge on any atom is -0.394 e.